The van der Waals surface area contributed by atoms with Gasteiger partial charge in [-0.3, -0.25) is 4.79 Å². The summed E-state index contributed by atoms with van der Waals surface area (Å²) < 4.78 is 0. The monoisotopic (exact) mass is 324 g/mol. The lowest BCUT2D eigenvalue weighted by atomic mass is 10.1. The second-order valence-electron chi connectivity index (χ2n) is 5.00. The first-order chi connectivity index (χ1) is 11.2. The molecule has 116 valence electrons. The number of benzene rings is 1. The van der Waals surface area contributed by atoms with Crippen molar-refractivity contribution in [2.24, 2.45) is 0 Å². The Morgan fingerprint density at radius 1 is 1.13 bits per heavy atom. The van der Waals surface area contributed by atoms with E-state index in [2.05, 4.69) is 32.4 Å². The van der Waals surface area contributed by atoms with Gasteiger partial charge in [0.1, 0.15) is 4.88 Å². The number of amides is 1. The number of aromatic nitrogens is 3. The van der Waals surface area contributed by atoms with Crippen molar-refractivity contribution in [3.05, 3.63) is 64.9 Å². The number of aryl methyl sites for hydroxylation is 1. The minimum absolute atomic E-state index is 0.0990. The van der Waals surface area contributed by atoms with E-state index in [-0.39, 0.29) is 5.91 Å². The number of hydrogen-bond acceptors (Lipinski definition) is 5. The SMILES string of the molecule is Cc1nc(-c2ncccn2)sc1C(=O)NCCc1ccccc1. The fourth-order valence-corrected chi connectivity index (χ4v) is 3.09. The molecule has 6 heteroatoms. The molecule has 2 aromatic heterocycles. The maximum Gasteiger partial charge on any atom is 0.263 e. The predicted molar refractivity (Wildman–Crippen MR) is 90.4 cm³/mol. The van der Waals surface area contributed by atoms with Crippen molar-refractivity contribution in [3.63, 3.8) is 0 Å². The molecule has 1 aromatic carbocycles. The first kappa shape index (κ1) is 15.3. The van der Waals surface area contributed by atoms with Gasteiger partial charge in [0.15, 0.2) is 10.8 Å². The summed E-state index contributed by atoms with van der Waals surface area (Å²) in [6.45, 7) is 2.42. The minimum atomic E-state index is -0.0990. The van der Waals surface area contributed by atoms with E-state index in [0.717, 1.165) is 6.42 Å². The van der Waals surface area contributed by atoms with E-state index in [9.17, 15) is 4.79 Å². The van der Waals surface area contributed by atoms with Gasteiger partial charge < -0.3 is 5.32 Å². The van der Waals surface area contributed by atoms with Gasteiger partial charge in [0.05, 0.1) is 5.69 Å². The van der Waals surface area contributed by atoms with Crippen LogP contribution in [0.15, 0.2) is 48.8 Å². The van der Waals surface area contributed by atoms with Crippen molar-refractivity contribution in [1.29, 1.82) is 0 Å². The number of hydrogen-bond donors (Lipinski definition) is 1. The quantitative estimate of drug-likeness (QED) is 0.783. The zero-order chi connectivity index (χ0) is 16.1. The van der Waals surface area contributed by atoms with Gasteiger partial charge in [-0.25, -0.2) is 15.0 Å². The van der Waals surface area contributed by atoms with E-state index in [1.54, 1.807) is 18.5 Å². The summed E-state index contributed by atoms with van der Waals surface area (Å²) in [5.74, 6) is 0.446. The molecular formula is C17H16N4OS. The largest absolute Gasteiger partial charge is 0.351 e. The maximum absolute atomic E-state index is 12.3. The molecule has 0 saturated heterocycles. The smallest absolute Gasteiger partial charge is 0.263 e. The van der Waals surface area contributed by atoms with Crippen LogP contribution in [0.1, 0.15) is 20.9 Å². The van der Waals surface area contributed by atoms with E-state index in [0.29, 0.717) is 27.9 Å². The van der Waals surface area contributed by atoms with Crippen molar-refractivity contribution in [2.75, 3.05) is 6.54 Å². The highest BCUT2D eigenvalue weighted by Crippen LogP contribution is 2.24. The van der Waals surface area contributed by atoms with Crippen molar-refractivity contribution in [2.45, 2.75) is 13.3 Å². The van der Waals surface area contributed by atoms with Crippen LogP contribution in [0.3, 0.4) is 0 Å². The molecule has 1 N–H and O–H groups in total. The van der Waals surface area contributed by atoms with Gasteiger partial charge in [-0.15, -0.1) is 11.3 Å². The summed E-state index contributed by atoms with van der Waals surface area (Å²) in [6, 6.07) is 11.8. The second-order valence-corrected chi connectivity index (χ2v) is 6.00. The molecule has 3 rings (SSSR count). The van der Waals surface area contributed by atoms with Crippen LogP contribution in [0, 0.1) is 6.92 Å². The van der Waals surface area contributed by atoms with Gasteiger partial charge in [-0.05, 0) is 25.0 Å². The molecule has 0 bridgehead atoms. The van der Waals surface area contributed by atoms with Crippen LogP contribution < -0.4 is 5.32 Å². The molecule has 0 atom stereocenters. The Balaban J connectivity index is 1.65. The molecule has 0 aliphatic heterocycles. The Bertz CT molecular complexity index is 787. The van der Waals surface area contributed by atoms with Crippen molar-refractivity contribution >= 4 is 17.2 Å². The van der Waals surface area contributed by atoms with Gasteiger partial charge in [0.2, 0.25) is 0 Å². The lowest BCUT2D eigenvalue weighted by Gasteiger charge is -2.04. The van der Waals surface area contributed by atoms with E-state index in [1.807, 2.05) is 25.1 Å². The summed E-state index contributed by atoms with van der Waals surface area (Å²) in [4.78, 5) is 25.7. The molecule has 0 aliphatic carbocycles. The van der Waals surface area contributed by atoms with Crippen molar-refractivity contribution < 1.29 is 4.79 Å². The predicted octanol–water partition coefficient (Wildman–Crippen LogP) is 2.88. The molecule has 0 spiro atoms. The maximum atomic E-state index is 12.3. The Morgan fingerprint density at radius 3 is 2.61 bits per heavy atom. The molecule has 0 aliphatic rings. The highest BCUT2D eigenvalue weighted by molar-refractivity contribution is 7.17. The normalized spacial score (nSPS) is 10.5. The first-order valence-electron chi connectivity index (χ1n) is 7.31. The van der Waals surface area contributed by atoms with Crippen LogP contribution in [0.4, 0.5) is 0 Å². The Hall–Kier alpha value is -2.60. The van der Waals surface area contributed by atoms with Gasteiger partial charge in [0.25, 0.3) is 5.91 Å². The Morgan fingerprint density at radius 2 is 1.87 bits per heavy atom. The molecule has 0 saturated carbocycles. The van der Waals surface area contributed by atoms with Crippen LogP contribution in [0.5, 0.6) is 0 Å². The molecule has 0 unspecified atom stereocenters. The van der Waals surface area contributed by atoms with Crippen molar-refractivity contribution in [1.82, 2.24) is 20.3 Å². The number of nitrogens with one attached hydrogen (secondary N) is 1. The standard InChI is InChI=1S/C17H16N4OS/c1-12-14(23-17(21-12)15-18-9-5-10-19-15)16(22)20-11-8-13-6-3-2-4-7-13/h2-7,9-10H,8,11H2,1H3,(H,20,22). The number of thiazole rings is 1. The van der Waals surface area contributed by atoms with E-state index < -0.39 is 0 Å². The number of rotatable bonds is 5. The van der Waals surface area contributed by atoms with Crippen molar-refractivity contribution in [3.8, 4) is 10.8 Å². The minimum Gasteiger partial charge on any atom is -0.351 e. The zero-order valence-corrected chi connectivity index (χ0v) is 13.5. The van der Waals surface area contributed by atoms with Crippen LogP contribution >= 0.6 is 11.3 Å². The van der Waals surface area contributed by atoms with Crippen LogP contribution in [0.2, 0.25) is 0 Å². The van der Waals surface area contributed by atoms with E-state index in [4.69, 9.17) is 0 Å². The second kappa shape index (κ2) is 7.11. The molecule has 2 heterocycles. The van der Waals surface area contributed by atoms with E-state index in [1.165, 1.54) is 16.9 Å². The summed E-state index contributed by atoms with van der Waals surface area (Å²) in [5.41, 5.74) is 1.90. The van der Waals surface area contributed by atoms with Gasteiger partial charge >= 0.3 is 0 Å². The third-order valence-electron chi connectivity index (χ3n) is 3.30. The zero-order valence-electron chi connectivity index (χ0n) is 12.7. The highest BCUT2D eigenvalue weighted by atomic mass is 32.1. The third-order valence-corrected chi connectivity index (χ3v) is 4.45. The molecule has 0 fully saturated rings. The van der Waals surface area contributed by atoms with Gasteiger partial charge in [-0.2, -0.15) is 0 Å². The summed E-state index contributed by atoms with van der Waals surface area (Å²) in [7, 11) is 0. The fourth-order valence-electron chi connectivity index (χ4n) is 2.16. The molecule has 5 nitrogen and oxygen atoms in total. The summed E-state index contributed by atoms with van der Waals surface area (Å²) in [5, 5.41) is 3.61. The number of carbonyl (C=O) groups excluding carboxylic acids is 1. The summed E-state index contributed by atoms with van der Waals surface area (Å²) in [6.07, 6.45) is 4.14. The Kier molecular flexibility index (Phi) is 4.73. The van der Waals surface area contributed by atoms with Gasteiger partial charge in [0, 0.05) is 18.9 Å². The summed E-state index contributed by atoms with van der Waals surface area (Å²) >= 11 is 1.32. The molecule has 23 heavy (non-hydrogen) atoms. The fraction of sp³-hybridized carbons (Fsp3) is 0.176. The highest BCUT2D eigenvalue weighted by Gasteiger charge is 2.16. The average molecular weight is 324 g/mol. The van der Waals surface area contributed by atoms with Crippen LogP contribution in [-0.2, 0) is 6.42 Å². The third kappa shape index (κ3) is 3.78. The molecule has 3 aromatic rings. The average Bonchev–Trinajstić information content (AvgIpc) is 2.98. The lowest BCUT2D eigenvalue weighted by Crippen LogP contribution is -2.25. The van der Waals surface area contributed by atoms with Crippen LogP contribution in [-0.4, -0.2) is 27.4 Å². The van der Waals surface area contributed by atoms with Gasteiger partial charge in [-0.1, -0.05) is 30.3 Å². The first-order valence-corrected chi connectivity index (χ1v) is 8.12. The van der Waals surface area contributed by atoms with Crippen LogP contribution in [0.25, 0.3) is 10.8 Å². The molecule has 1 amide bonds. The molecule has 0 radical (unpaired) electrons. The van der Waals surface area contributed by atoms with E-state index >= 15 is 0 Å². The Labute approximate surface area is 138 Å². The topological polar surface area (TPSA) is 67.8 Å². The number of nitrogens with zero attached hydrogens (tertiary/aromatic N) is 3. The number of carbonyl (C=O) groups is 1. The molecular weight excluding hydrogens is 308 g/mol. The lowest BCUT2D eigenvalue weighted by molar-refractivity contribution is 0.0957.